The van der Waals surface area contributed by atoms with Gasteiger partial charge in [0.05, 0.1) is 13.2 Å². The first kappa shape index (κ1) is 19.3. The molecule has 1 aromatic rings. The van der Waals surface area contributed by atoms with Crippen LogP contribution >= 0.6 is 24.0 Å². The van der Waals surface area contributed by atoms with Crippen molar-refractivity contribution in [2.45, 2.75) is 25.8 Å². The van der Waals surface area contributed by atoms with Crippen molar-refractivity contribution in [1.29, 1.82) is 0 Å². The number of hydrogen-bond donors (Lipinski definition) is 2. The third-order valence-electron chi connectivity index (χ3n) is 4.69. The van der Waals surface area contributed by atoms with Crippen molar-refractivity contribution in [1.82, 2.24) is 10.6 Å². The minimum atomic E-state index is 0. The highest BCUT2D eigenvalue weighted by atomic mass is 127. The van der Waals surface area contributed by atoms with Gasteiger partial charge in [-0.05, 0) is 25.0 Å². The predicted octanol–water partition coefficient (Wildman–Crippen LogP) is 2.47. The zero-order valence-electron chi connectivity index (χ0n) is 14.6. The highest BCUT2D eigenvalue weighted by Crippen LogP contribution is 2.25. The van der Waals surface area contributed by atoms with Gasteiger partial charge in [0, 0.05) is 43.8 Å². The number of rotatable bonds is 4. The molecular weight excluding hydrogens is 415 g/mol. The maximum Gasteiger partial charge on any atom is 0.191 e. The Balaban J connectivity index is 0.00000208. The van der Waals surface area contributed by atoms with Gasteiger partial charge in [-0.15, -0.1) is 24.0 Å². The molecule has 0 spiro atoms. The third kappa shape index (κ3) is 4.99. The van der Waals surface area contributed by atoms with E-state index in [2.05, 4.69) is 57.8 Å². The summed E-state index contributed by atoms with van der Waals surface area (Å²) in [5.41, 5.74) is 1.56. The van der Waals surface area contributed by atoms with Gasteiger partial charge in [-0.25, -0.2) is 0 Å². The second-order valence-corrected chi connectivity index (χ2v) is 6.99. The molecule has 0 amide bonds. The van der Waals surface area contributed by atoms with Crippen molar-refractivity contribution in [3.05, 3.63) is 30.3 Å². The SMILES string of the molecule is CN=C(NCC1(C)COC1)NC1CCCN(c2ccccc2)C1.I. The van der Waals surface area contributed by atoms with Crippen molar-refractivity contribution in [2.24, 2.45) is 10.4 Å². The standard InChI is InChI=1S/C18H28N4O.HI/c1-18(13-23-14-18)12-20-17(19-2)21-15-7-6-10-22(11-15)16-8-4-3-5-9-16;/h3-5,8-9,15H,6-7,10-14H2,1-2H3,(H2,19,20,21);1H. The van der Waals surface area contributed by atoms with Crippen LogP contribution in [0.2, 0.25) is 0 Å². The van der Waals surface area contributed by atoms with Crippen LogP contribution in [0.4, 0.5) is 5.69 Å². The van der Waals surface area contributed by atoms with E-state index in [0.29, 0.717) is 6.04 Å². The maximum absolute atomic E-state index is 5.31. The van der Waals surface area contributed by atoms with Gasteiger partial charge in [0.15, 0.2) is 5.96 Å². The quantitative estimate of drug-likeness (QED) is 0.426. The van der Waals surface area contributed by atoms with E-state index in [9.17, 15) is 0 Å². The van der Waals surface area contributed by atoms with E-state index >= 15 is 0 Å². The van der Waals surface area contributed by atoms with Gasteiger partial charge in [-0.1, -0.05) is 25.1 Å². The number of guanidine groups is 1. The lowest BCUT2D eigenvalue weighted by Gasteiger charge is -2.39. The molecule has 2 aliphatic rings. The number of piperidine rings is 1. The minimum Gasteiger partial charge on any atom is -0.380 e. The molecule has 6 heteroatoms. The van der Waals surface area contributed by atoms with Crippen LogP contribution in [0.25, 0.3) is 0 Å². The van der Waals surface area contributed by atoms with Crippen LogP contribution in [-0.2, 0) is 4.74 Å². The molecule has 2 heterocycles. The molecule has 0 radical (unpaired) electrons. The second kappa shape index (κ2) is 8.89. The number of ether oxygens (including phenoxy) is 1. The monoisotopic (exact) mass is 444 g/mol. The van der Waals surface area contributed by atoms with E-state index in [0.717, 1.165) is 38.8 Å². The van der Waals surface area contributed by atoms with Gasteiger partial charge < -0.3 is 20.3 Å². The third-order valence-corrected chi connectivity index (χ3v) is 4.69. The molecule has 0 aliphatic carbocycles. The van der Waals surface area contributed by atoms with E-state index < -0.39 is 0 Å². The van der Waals surface area contributed by atoms with Gasteiger partial charge in [0.2, 0.25) is 0 Å². The first-order valence-electron chi connectivity index (χ1n) is 8.53. The summed E-state index contributed by atoms with van der Waals surface area (Å²) in [6.07, 6.45) is 2.39. The van der Waals surface area contributed by atoms with Crippen LogP contribution in [0.5, 0.6) is 0 Å². The van der Waals surface area contributed by atoms with Gasteiger partial charge >= 0.3 is 0 Å². The van der Waals surface area contributed by atoms with E-state index in [1.807, 2.05) is 7.05 Å². The molecule has 0 saturated carbocycles. The average Bonchev–Trinajstić information content (AvgIpc) is 2.58. The number of anilines is 1. The lowest BCUT2D eigenvalue weighted by molar-refractivity contribution is -0.0971. The second-order valence-electron chi connectivity index (χ2n) is 6.99. The van der Waals surface area contributed by atoms with Crippen molar-refractivity contribution >= 4 is 35.6 Å². The molecule has 1 unspecified atom stereocenters. The summed E-state index contributed by atoms with van der Waals surface area (Å²) in [6.45, 7) is 6.97. The van der Waals surface area contributed by atoms with E-state index in [-0.39, 0.29) is 29.4 Å². The number of nitrogens with one attached hydrogen (secondary N) is 2. The Labute approximate surface area is 162 Å². The van der Waals surface area contributed by atoms with Crippen molar-refractivity contribution in [3.8, 4) is 0 Å². The molecule has 2 saturated heterocycles. The van der Waals surface area contributed by atoms with E-state index in [1.165, 1.54) is 18.5 Å². The van der Waals surface area contributed by atoms with Crippen LogP contribution in [0, 0.1) is 5.41 Å². The van der Waals surface area contributed by atoms with Gasteiger partial charge in [-0.3, -0.25) is 4.99 Å². The maximum atomic E-state index is 5.31. The predicted molar refractivity (Wildman–Crippen MR) is 111 cm³/mol. The van der Waals surface area contributed by atoms with Crippen molar-refractivity contribution in [3.63, 3.8) is 0 Å². The normalized spacial score (nSPS) is 23.0. The van der Waals surface area contributed by atoms with Crippen LogP contribution < -0.4 is 15.5 Å². The Morgan fingerprint density at radius 3 is 2.71 bits per heavy atom. The summed E-state index contributed by atoms with van der Waals surface area (Å²) >= 11 is 0. The molecule has 1 atom stereocenters. The lowest BCUT2D eigenvalue weighted by Crippen LogP contribution is -2.55. The summed E-state index contributed by atoms with van der Waals surface area (Å²) < 4.78 is 5.31. The minimum absolute atomic E-state index is 0. The molecule has 2 N–H and O–H groups in total. The van der Waals surface area contributed by atoms with Gasteiger partial charge in [0.1, 0.15) is 0 Å². The summed E-state index contributed by atoms with van der Waals surface area (Å²) in [7, 11) is 1.84. The zero-order chi connectivity index (χ0) is 16.1. The Bertz CT molecular complexity index is 533. The first-order chi connectivity index (χ1) is 11.2. The Hall–Kier alpha value is -1.02. The highest BCUT2D eigenvalue weighted by Gasteiger charge is 2.33. The van der Waals surface area contributed by atoms with Crippen molar-refractivity contribution < 1.29 is 4.74 Å². The first-order valence-corrected chi connectivity index (χ1v) is 8.53. The van der Waals surface area contributed by atoms with Crippen LogP contribution in [-0.4, -0.2) is 51.9 Å². The average molecular weight is 444 g/mol. The number of aliphatic imine (C=N–C) groups is 1. The molecule has 0 bridgehead atoms. The molecule has 24 heavy (non-hydrogen) atoms. The number of nitrogens with zero attached hydrogens (tertiary/aromatic N) is 2. The van der Waals surface area contributed by atoms with Crippen LogP contribution in [0.15, 0.2) is 35.3 Å². The van der Waals surface area contributed by atoms with Crippen LogP contribution in [0.3, 0.4) is 0 Å². The van der Waals surface area contributed by atoms with Crippen molar-refractivity contribution in [2.75, 3.05) is 44.8 Å². The van der Waals surface area contributed by atoms with Crippen LogP contribution in [0.1, 0.15) is 19.8 Å². The number of hydrogen-bond acceptors (Lipinski definition) is 3. The number of para-hydroxylation sites is 1. The fourth-order valence-electron chi connectivity index (χ4n) is 3.21. The molecule has 2 fully saturated rings. The summed E-state index contributed by atoms with van der Waals surface area (Å²) in [4.78, 5) is 6.83. The lowest BCUT2D eigenvalue weighted by atomic mass is 9.89. The highest BCUT2D eigenvalue weighted by molar-refractivity contribution is 14.0. The fourth-order valence-corrected chi connectivity index (χ4v) is 3.21. The topological polar surface area (TPSA) is 48.9 Å². The Morgan fingerprint density at radius 2 is 2.08 bits per heavy atom. The summed E-state index contributed by atoms with van der Waals surface area (Å²) in [6, 6.07) is 11.1. The Kier molecular flexibility index (Phi) is 7.16. The largest absolute Gasteiger partial charge is 0.380 e. The zero-order valence-corrected chi connectivity index (χ0v) is 17.0. The van der Waals surface area contributed by atoms with E-state index in [1.54, 1.807) is 0 Å². The Morgan fingerprint density at radius 1 is 1.33 bits per heavy atom. The molecule has 0 aromatic heterocycles. The number of benzene rings is 1. The number of halogens is 1. The van der Waals surface area contributed by atoms with E-state index in [4.69, 9.17) is 4.74 Å². The smallest absolute Gasteiger partial charge is 0.191 e. The molecule has 5 nitrogen and oxygen atoms in total. The van der Waals surface area contributed by atoms with Gasteiger partial charge in [0.25, 0.3) is 0 Å². The molecule has 134 valence electrons. The molecular formula is C18H29IN4O. The molecule has 3 rings (SSSR count). The molecule has 2 aliphatic heterocycles. The molecule has 1 aromatic carbocycles. The summed E-state index contributed by atoms with van der Waals surface area (Å²) in [5.74, 6) is 0.901. The fraction of sp³-hybridized carbons (Fsp3) is 0.611. The van der Waals surface area contributed by atoms with Gasteiger partial charge in [-0.2, -0.15) is 0 Å². The summed E-state index contributed by atoms with van der Waals surface area (Å²) in [5, 5.41) is 7.04.